The molecule has 0 saturated carbocycles. The number of hydrogen-bond donors (Lipinski definition) is 1. The molecule has 0 spiro atoms. The van der Waals surface area contributed by atoms with Gasteiger partial charge in [-0.1, -0.05) is 6.92 Å². The minimum atomic E-state index is -6.26. The lowest BCUT2D eigenvalue weighted by molar-refractivity contribution is -0.313. The molecule has 0 saturated heterocycles. The number of esters is 1. The first-order valence-electron chi connectivity index (χ1n) is 8.13. The zero-order valence-electron chi connectivity index (χ0n) is 16.3. The largest absolute Gasteiger partial charge is 0.453 e. The van der Waals surface area contributed by atoms with E-state index in [1.54, 1.807) is 0 Å². The molecule has 1 N–H and O–H groups in total. The van der Waals surface area contributed by atoms with Crippen molar-refractivity contribution < 1.29 is 76.1 Å². The minimum Gasteiger partial charge on any atom is -0.424 e. The second-order valence-electron chi connectivity index (χ2n) is 6.96. The summed E-state index contributed by atoms with van der Waals surface area (Å²) in [5.74, 6) is -12.5. The van der Waals surface area contributed by atoms with Gasteiger partial charge in [0.1, 0.15) is 6.67 Å². The van der Waals surface area contributed by atoms with E-state index in [1.807, 2.05) is 0 Å². The van der Waals surface area contributed by atoms with E-state index in [4.69, 9.17) is 5.11 Å². The number of alkyl halides is 14. The molecular formula is C15H18F14O3. The zero-order chi connectivity index (χ0) is 26.6. The van der Waals surface area contributed by atoms with Gasteiger partial charge >= 0.3 is 36.5 Å². The van der Waals surface area contributed by atoms with Crippen LogP contribution in [0.1, 0.15) is 33.6 Å². The highest BCUT2D eigenvalue weighted by atomic mass is 19.4. The number of aliphatic hydroxyl groups is 1. The Bertz CT molecular complexity index is 599. The maximum Gasteiger partial charge on any atom is 0.453 e. The Hall–Kier alpha value is -1.55. The summed E-state index contributed by atoms with van der Waals surface area (Å²) in [7, 11) is 0. The average molecular weight is 512 g/mol. The van der Waals surface area contributed by atoms with Gasteiger partial charge < -0.3 is 9.84 Å². The van der Waals surface area contributed by atoms with Gasteiger partial charge in [-0.2, -0.15) is 48.3 Å². The molecule has 0 radical (unpaired) electrons. The summed E-state index contributed by atoms with van der Waals surface area (Å²) in [6.45, 7) is 1.33. The van der Waals surface area contributed by atoms with Gasteiger partial charge in [-0.25, -0.2) is 13.2 Å². The van der Waals surface area contributed by atoms with Crippen LogP contribution in [-0.4, -0.2) is 60.3 Å². The van der Waals surface area contributed by atoms with Crippen LogP contribution >= 0.6 is 0 Å². The maximum atomic E-state index is 13.1. The summed E-state index contributed by atoms with van der Waals surface area (Å²) >= 11 is 0. The highest BCUT2D eigenvalue weighted by molar-refractivity contribution is 5.75. The summed E-state index contributed by atoms with van der Waals surface area (Å²) in [5, 5.41) is 7.98. The SMILES string of the molecule is CCC(C)(C)C(=O)OC(F)C(F)(F)CC(F)(F)C(F)(F)F.OC(CF)(C(F)F)C(F)(F)F. The third-order valence-corrected chi connectivity index (χ3v) is 3.91. The van der Waals surface area contributed by atoms with Crippen LogP contribution < -0.4 is 0 Å². The van der Waals surface area contributed by atoms with Crippen LogP contribution in [0.5, 0.6) is 0 Å². The number of halogens is 14. The van der Waals surface area contributed by atoms with Crippen LogP contribution in [0.15, 0.2) is 0 Å². The average Bonchev–Trinajstić information content (AvgIpc) is 2.58. The molecule has 0 fully saturated rings. The van der Waals surface area contributed by atoms with Crippen molar-refractivity contribution in [3.05, 3.63) is 0 Å². The molecule has 2 unspecified atom stereocenters. The van der Waals surface area contributed by atoms with Gasteiger partial charge in [-0.15, -0.1) is 0 Å². The van der Waals surface area contributed by atoms with E-state index >= 15 is 0 Å². The Morgan fingerprint density at radius 3 is 1.50 bits per heavy atom. The van der Waals surface area contributed by atoms with Crippen molar-refractivity contribution in [1.82, 2.24) is 0 Å². The van der Waals surface area contributed by atoms with E-state index in [9.17, 15) is 66.3 Å². The third-order valence-electron chi connectivity index (χ3n) is 3.91. The topological polar surface area (TPSA) is 46.5 Å². The predicted octanol–water partition coefficient (Wildman–Crippen LogP) is 6.00. The fourth-order valence-electron chi connectivity index (χ4n) is 1.22. The highest BCUT2D eigenvalue weighted by Crippen LogP contribution is 2.44. The molecule has 2 atom stereocenters. The molecule has 32 heavy (non-hydrogen) atoms. The van der Waals surface area contributed by atoms with Crippen LogP contribution in [0.3, 0.4) is 0 Å². The Balaban J connectivity index is 0. The molecule has 0 aliphatic heterocycles. The molecule has 0 bridgehead atoms. The van der Waals surface area contributed by atoms with Crippen molar-refractivity contribution in [2.24, 2.45) is 5.41 Å². The lowest BCUT2D eigenvalue weighted by Crippen LogP contribution is -2.53. The highest BCUT2D eigenvalue weighted by Gasteiger charge is 2.64. The lowest BCUT2D eigenvalue weighted by atomic mass is 9.91. The van der Waals surface area contributed by atoms with Crippen molar-refractivity contribution in [2.45, 2.75) is 76.2 Å². The van der Waals surface area contributed by atoms with Gasteiger partial charge in [0.15, 0.2) is 0 Å². The Kier molecular flexibility index (Phi) is 10.8. The summed E-state index contributed by atoms with van der Waals surface area (Å²) in [5.41, 5.74) is -5.90. The summed E-state index contributed by atoms with van der Waals surface area (Å²) in [6, 6.07) is 0. The quantitative estimate of drug-likeness (QED) is 0.321. The van der Waals surface area contributed by atoms with E-state index in [0.717, 1.165) is 0 Å². The molecule has 0 amide bonds. The van der Waals surface area contributed by atoms with Crippen molar-refractivity contribution in [3.8, 4) is 0 Å². The zero-order valence-corrected chi connectivity index (χ0v) is 16.3. The van der Waals surface area contributed by atoms with Crippen molar-refractivity contribution in [1.29, 1.82) is 0 Å². The summed E-state index contributed by atoms with van der Waals surface area (Å²) < 4.78 is 172. The fourth-order valence-corrected chi connectivity index (χ4v) is 1.22. The van der Waals surface area contributed by atoms with Gasteiger partial charge in [0.2, 0.25) is 5.60 Å². The molecule has 17 heteroatoms. The number of hydrogen-bond acceptors (Lipinski definition) is 3. The standard InChI is InChI=1S/C11H14F8O2.C4H4F6O/c1-4-8(2,3)7(20)21-6(12)9(13,14)5-10(15,16)11(17,18)19;5-1-3(11,2(6)7)4(8,9)10/h6H,4-5H2,1-3H3;2,11H,1H2. The van der Waals surface area contributed by atoms with Crippen molar-refractivity contribution >= 4 is 5.97 Å². The summed E-state index contributed by atoms with van der Waals surface area (Å²) in [4.78, 5) is 11.3. The van der Waals surface area contributed by atoms with E-state index in [-0.39, 0.29) is 6.42 Å². The first kappa shape index (κ1) is 32.6. The number of carbonyl (C=O) groups is 1. The Morgan fingerprint density at radius 1 is 0.875 bits per heavy atom. The number of rotatable bonds is 8. The first-order chi connectivity index (χ1) is 13.8. The van der Waals surface area contributed by atoms with E-state index in [1.165, 1.54) is 20.8 Å². The molecule has 0 aliphatic carbocycles. The van der Waals surface area contributed by atoms with E-state index in [2.05, 4.69) is 4.74 Å². The molecule has 0 aromatic carbocycles. The first-order valence-corrected chi connectivity index (χ1v) is 8.13. The van der Waals surface area contributed by atoms with Gasteiger partial charge in [0.05, 0.1) is 11.8 Å². The Labute approximate surface area is 171 Å². The molecule has 194 valence electrons. The van der Waals surface area contributed by atoms with Gasteiger partial charge in [-0.05, 0) is 20.3 Å². The van der Waals surface area contributed by atoms with Gasteiger partial charge in [0, 0.05) is 0 Å². The number of ether oxygens (including phenoxy) is 1. The fraction of sp³-hybridized carbons (Fsp3) is 0.933. The van der Waals surface area contributed by atoms with Crippen LogP contribution in [0.4, 0.5) is 61.5 Å². The predicted molar refractivity (Wildman–Crippen MR) is 78.6 cm³/mol. The normalized spacial score (nSPS) is 16.7. The van der Waals surface area contributed by atoms with Crippen molar-refractivity contribution in [3.63, 3.8) is 0 Å². The van der Waals surface area contributed by atoms with Gasteiger partial charge in [0.25, 0.3) is 6.43 Å². The van der Waals surface area contributed by atoms with Crippen molar-refractivity contribution in [2.75, 3.05) is 6.67 Å². The van der Waals surface area contributed by atoms with Crippen LogP contribution in [0.2, 0.25) is 0 Å². The second kappa shape index (κ2) is 10.6. The summed E-state index contributed by atoms with van der Waals surface area (Å²) in [6.07, 6.45) is -23.1. The van der Waals surface area contributed by atoms with Crippen LogP contribution in [0, 0.1) is 5.41 Å². The second-order valence-corrected chi connectivity index (χ2v) is 6.96. The molecular weight excluding hydrogens is 494 g/mol. The molecule has 0 aromatic rings. The Morgan fingerprint density at radius 2 is 1.28 bits per heavy atom. The lowest BCUT2D eigenvalue weighted by Gasteiger charge is -2.28. The molecule has 0 aliphatic rings. The van der Waals surface area contributed by atoms with Crippen LogP contribution in [0.25, 0.3) is 0 Å². The van der Waals surface area contributed by atoms with Crippen LogP contribution in [-0.2, 0) is 9.53 Å². The molecule has 0 aromatic heterocycles. The third kappa shape index (κ3) is 8.42. The maximum absolute atomic E-state index is 13.1. The molecule has 0 heterocycles. The molecule has 0 rings (SSSR count). The van der Waals surface area contributed by atoms with Gasteiger partial charge in [-0.3, -0.25) is 4.79 Å². The molecule has 3 nitrogen and oxygen atoms in total. The van der Waals surface area contributed by atoms with E-state index in [0.29, 0.717) is 0 Å². The van der Waals surface area contributed by atoms with E-state index < -0.39 is 67.1 Å². The number of carbonyl (C=O) groups excluding carboxylic acids is 1. The minimum absolute atomic E-state index is 0.0584. The monoisotopic (exact) mass is 512 g/mol. The smallest absolute Gasteiger partial charge is 0.424 e.